The Labute approximate surface area is 357 Å². The molecular formula is C51H79NO5S. The first-order valence-electron chi connectivity index (χ1n) is 22.7. The molecule has 0 radical (unpaired) electrons. The largest absolute Gasteiger partial charge is 0.478 e. The van der Waals surface area contributed by atoms with Crippen LogP contribution in [-0.2, 0) is 19.1 Å². The van der Waals surface area contributed by atoms with Gasteiger partial charge in [0.05, 0.1) is 0 Å². The van der Waals surface area contributed by atoms with E-state index in [0.717, 1.165) is 107 Å². The van der Waals surface area contributed by atoms with Crippen molar-refractivity contribution in [2.24, 2.45) is 50.2 Å². The molecule has 1 unspecified atom stereocenters. The minimum atomic E-state index is -1.14. The van der Waals surface area contributed by atoms with E-state index in [4.69, 9.17) is 9.84 Å². The standard InChI is InChI=1S/C51H79NO5S/c1-35(2)14-12-15-36(3)16-13-17-37(4)24-32-58-33-31-52-45(56)48(8)28-27-47(7)29-30-50(10)38(39(47)34-48)18-19-41-49(9)25-23-42(57-44(55)21-20-43(53)54)46(5,6)40(49)22-26-51(41,50)11/h14,16,18,20-21,24,39-42H,12-13,15,17,19,22-23,25-34H2,1-11H3,(H,52,56)(H,53,54)/b21-20-,36-16?,37-24?/t39-,40+,41+,42-,47+,48?,49-,50+,51+/m0/s1. The van der Waals surface area contributed by atoms with Gasteiger partial charge in [0.25, 0.3) is 0 Å². The lowest BCUT2D eigenvalue weighted by Gasteiger charge is -2.71. The zero-order valence-electron chi connectivity index (χ0n) is 38.3. The minimum absolute atomic E-state index is 0.0840. The molecular weight excluding hydrogens is 739 g/mol. The van der Waals surface area contributed by atoms with Crippen molar-refractivity contribution in [3.63, 3.8) is 0 Å². The first-order chi connectivity index (χ1) is 27.1. The number of carbonyl (C=O) groups is 3. The van der Waals surface area contributed by atoms with Crippen molar-refractivity contribution in [1.29, 1.82) is 0 Å². The number of fused-ring (bicyclic) bond motifs is 7. The number of hydrogen-bond acceptors (Lipinski definition) is 5. The number of ether oxygens (including phenoxy) is 1. The highest BCUT2D eigenvalue weighted by Gasteiger charge is 2.68. The Balaban J connectivity index is 1.19. The number of thioether (sulfide) groups is 1. The number of carboxylic acids is 1. The van der Waals surface area contributed by atoms with Crippen LogP contribution in [0.2, 0.25) is 0 Å². The summed E-state index contributed by atoms with van der Waals surface area (Å²) < 4.78 is 5.97. The Hall–Kier alpha value is -2.54. The molecule has 5 rings (SSSR count). The van der Waals surface area contributed by atoms with Gasteiger partial charge in [-0.05, 0) is 157 Å². The third kappa shape index (κ3) is 9.50. The van der Waals surface area contributed by atoms with E-state index in [2.05, 4.69) is 106 Å². The molecule has 5 aliphatic carbocycles. The van der Waals surface area contributed by atoms with Gasteiger partial charge in [0.2, 0.25) is 5.91 Å². The van der Waals surface area contributed by atoms with Gasteiger partial charge >= 0.3 is 11.9 Å². The summed E-state index contributed by atoms with van der Waals surface area (Å²) in [5, 5.41) is 12.4. The van der Waals surface area contributed by atoms with Crippen molar-refractivity contribution in [2.45, 2.75) is 172 Å². The van der Waals surface area contributed by atoms with Gasteiger partial charge in [-0.3, -0.25) is 4.79 Å². The van der Waals surface area contributed by atoms with E-state index in [1.165, 1.54) is 29.6 Å². The summed E-state index contributed by atoms with van der Waals surface area (Å²) in [5.74, 6) is 1.81. The lowest BCUT2D eigenvalue weighted by atomic mass is 9.33. The summed E-state index contributed by atoms with van der Waals surface area (Å²) in [4.78, 5) is 37.7. The predicted molar refractivity (Wildman–Crippen MR) is 241 cm³/mol. The fourth-order valence-corrected chi connectivity index (χ4v) is 14.0. The zero-order chi connectivity index (χ0) is 42.7. The van der Waals surface area contributed by atoms with E-state index in [1.807, 2.05) is 11.8 Å². The van der Waals surface area contributed by atoms with Gasteiger partial charge in [-0.2, -0.15) is 11.8 Å². The Bertz CT molecular complexity index is 1700. The second kappa shape index (κ2) is 18.2. The third-order valence-electron chi connectivity index (χ3n) is 17.1. The van der Waals surface area contributed by atoms with Crippen LogP contribution < -0.4 is 5.32 Å². The Morgan fingerprint density at radius 2 is 1.50 bits per heavy atom. The van der Waals surface area contributed by atoms with Crippen molar-refractivity contribution < 1.29 is 24.2 Å². The Kier molecular flexibility index (Phi) is 14.6. The number of nitrogens with one attached hydrogen (secondary N) is 1. The van der Waals surface area contributed by atoms with Crippen molar-refractivity contribution in [1.82, 2.24) is 5.32 Å². The van der Waals surface area contributed by atoms with Crippen LogP contribution in [-0.4, -0.2) is 47.1 Å². The number of amides is 1. The van der Waals surface area contributed by atoms with Gasteiger partial charge in [0, 0.05) is 41.0 Å². The number of carboxylic acid groups (broad SMARTS) is 1. The van der Waals surface area contributed by atoms with Gasteiger partial charge in [-0.1, -0.05) is 95.1 Å². The molecule has 0 aliphatic heterocycles. The fourth-order valence-electron chi connectivity index (χ4n) is 13.1. The molecule has 58 heavy (non-hydrogen) atoms. The number of aliphatic carboxylic acids is 1. The smallest absolute Gasteiger partial charge is 0.331 e. The van der Waals surface area contributed by atoms with Gasteiger partial charge in [-0.25, -0.2) is 9.59 Å². The number of allylic oxidation sites excluding steroid dienone is 7. The summed E-state index contributed by atoms with van der Waals surface area (Å²) >= 11 is 1.91. The molecule has 7 heteroatoms. The van der Waals surface area contributed by atoms with E-state index in [9.17, 15) is 14.4 Å². The van der Waals surface area contributed by atoms with Gasteiger partial charge in [0.15, 0.2) is 0 Å². The van der Waals surface area contributed by atoms with Crippen LogP contribution in [0, 0.1) is 50.2 Å². The number of rotatable bonds is 15. The molecule has 9 atom stereocenters. The molecule has 0 spiro atoms. The summed E-state index contributed by atoms with van der Waals surface area (Å²) in [6.07, 6.45) is 26.5. The maximum absolute atomic E-state index is 14.0. The molecule has 6 nitrogen and oxygen atoms in total. The summed E-state index contributed by atoms with van der Waals surface area (Å²) in [5.41, 5.74) is 5.98. The van der Waals surface area contributed by atoms with Crippen molar-refractivity contribution in [3.8, 4) is 0 Å². The molecule has 324 valence electrons. The molecule has 0 aromatic rings. The monoisotopic (exact) mass is 818 g/mol. The average molecular weight is 818 g/mol. The quantitative estimate of drug-likeness (QED) is 0.0740. The van der Waals surface area contributed by atoms with E-state index in [1.54, 1.807) is 5.57 Å². The molecule has 2 N–H and O–H groups in total. The van der Waals surface area contributed by atoms with Crippen LogP contribution >= 0.6 is 11.8 Å². The van der Waals surface area contributed by atoms with Crippen molar-refractivity contribution in [2.75, 3.05) is 18.1 Å². The summed E-state index contributed by atoms with van der Waals surface area (Å²) in [6.45, 7) is 26.6. The highest BCUT2D eigenvalue weighted by molar-refractivity contribution is 7.99. The second-order valence-corrected chi connectivity index (χ2v) is 22.7. The molecule has 5 aliphatic rings. The fraction of sp³-hybridized carbons (Fsp3) is 0.745. The average Bonchev–Trinajstić information content (AvgIpc) is 3.14. The van der Waals surface area contributed by atoms with Crippen LogP contribution in [0.4, 0.5) is 0 Å². The van der Waals surface area contributed by atoms with E-state index >= 15 is 0 Å². The zero-order valence-corrected chi connectivity index (χ0v) is 39.1. The molecule has 0 bridgehead atoms. The first kappa shape index (κ1) is 46.5. The lowest BCUT2D eigenvalue weighted by Crippen LogP contribution is -2.64. The normalized spacial score (nSPS) is 37.1. The van der Waals surface area contributed by atoms with Crippen LogP contribution in [0.15, 0.2) is 58.7 Å². The second-order valence-electron chi connectivity index (χ2n) is 21.5. The van der Waals surface area contributed by atoms with Gasteiger partial charge < -0.3 is 15.2 Å². The Morgan fingerprint density at radius 3 is 2.19 bits per heavy atom. The maximum Gasteiger partial charge on any atom is 0.331 e. The molecule has 0 aromatic carbocycles. The Morgan fingerprint density at radius 1 is 0.828 bits per heavy atom. The molecule has 0 heterocycles. The lowest BCUT2D eigenvalue weighted by molar-refractivity contribution is -0.211. The number of hydrogen-bond donors (Lipinski definition) is 2. The van der Waals surface area contributed by atoms with Gasteiger partial charge in [0.1, 0.15) is 6.10 Å². The highest BCUT2D eigenvalue weighted by Crippen LogP contribution is 2.75. The van der Waals surface area contributed by atoms with Crippen LogP contribution in [0.3, 0.4) is 0 Å². The highest BCUT2D eigenvalue weighted by atomic mass is 32.2. The minimum Gasteiger partial charge on any atom is -0.478 e. The molecule has 4 fully saturated rings. The predicted octanol–water partition coefficient (Wildman–Crippen LogP) is 12.6. The molecule has 0 saturated heterocycles. The first-order valence-corrected chi connectivity index (χ1v) is 23.9. The molecule has 0 aromatic heterocycles. The van der Waals surface area contributed by atoms with Crippen LogP contribution in [0.1, 0.15) is 166 Å². The SMILES string of the molecule is CC(C)=CCCC(C)=CCCC(C)=CCSCCNC(=O)C1(C)CC[C@]2(C)CC[C@]3(C)C(=CC[C@@H]4[C@@]5(C)CC[C@H](OC(=O)/C=C\C(=O)O)C(C)(C)[C@H]5CC[C@]43C)[C@@H]2C1. The third-order valence-corrected chi connectivity index (χ3v) is 18.0. The number of esters is 1. The van der Waals surface area contributed by atoms with Crippen LogP contribution in [0.5, 0.6) is 0 Å². The summed E-state index contributed by atoms with van der Waals surface area (Å²) in [7, 11) is 0. The van der Waals surface area contributed by atoms with E-state index in [-0.39, 0.29) is 44.5 Å². The van der Waals surface area contributed by atoms with Gasteiger partial charge in [-0.15, -0.1) is 0 Å². The topological polar surface area (TPSA) is 92.7 Å². The van der Waals surface area contributed by atoms with E-state index < -0.39 is 11.9 Å². The summed E-state index contributed by atoms with van der Waals surface area (Å²) in [6, 6.07) is 0. The maximum atomic E-state index is 14.0. The van der Waals surface area contributed by atoms with Crippen molar-refractivity contribution in [3.05, 3.63) is 58.7 Å². The molecule has 4 saturated carbocycles. The number of carbonyl (C=O) groups excluding carboxylic acids is 2. The molecule has 1 amide bonds. The van der Waals surface area contributed by atoms with Crippen LogP contribution in [0.25, 0.3) is 0 Å². The van der Waals surface area contributed by atoms with E-state index in [0.29, 0.717) is 17.8 Å². The van der Waals surface area contributed by atoms with Crippen molar-refractivity contribution >= 4 is 29.6 Å².